The lowest BCUT2D eigenvalue weighted by Gasteiger charge is -2.10. The standard InChI is InChI=1S/C9H18OS/c1-7(2)5-9(11)10-6-8(3)4/h7-8H,5-6H2,1-4H3. The molecule has 0 aliphatic carbocycles. The van der Waals surface area contributed by atoms with Gasteiger partial charge in [-0.25, -0.2) is 0 Å². The van der Waals surface area contributed by atoms with Crippen molar-refractivity contribution in [1.29, 1.82) is 0 Å². The van der Waals surface area contributed by atoms with Gasteiger partial charge < -0.3 is 4.74 Å². The molecule has 0 fully saturated rings. The van der Waals surface area contributed by atoms with E-state index in [0.29, 0.717) is 11.8 Å². The third-order valence-electron chi connectivity index (χ3n) is 1.15. The Labute approximate surface area is 75.1 Å². The molecule has 0 saturated heterocycles. The predicted octanol–water partition coefficient (Wildman–Crippen LogP) is 3.03. The molecule has 0 heterocycles. The number of rotatable bonds is 4. The van der Waals surface area contributed by atoms with Crippen molar-refractivity contribution in [2.45, 2.75) is 34.1 Å². The van der Waals surface area contributed by atoms with Crippen LogP contribution < -0.4 is 0 Å². The van der Waals surface area contributed by atoms with Crippen LogP contribution in [-0.4, -0.2) is 11.7 Å². The van der Waals surface area contributed by atoms with E-state index >= 15 is 0 Å². The zero-order valence-electron chi connectivity index (χ0n) is 7.89. The molecule has 0 radical (unpaired) electrons. The quantitative estimate of drug-likeness (QED) is 0.606. The Morgan fingerprint density at radius 1 is 1.18 bits per heavy atom. The molecule has 0 bridgehead atoms. The van der Waals surface area contributed by atoms with Crippen LogP contribution in [0.4, 0.5) is 0 Å². The predicted molar refractivity (Wildman–Crippen MR) is 52.8 cm³/mol. The van der Waals surface area contributed by atoms with Crippen LogP contribution in [0.1, 0.15) is 34.1 Å². The van der Waals surface area contributed by atoms with Crippen LogP contribution in [0.5, 0.6) is 0 Å². The molecule has 0 aromatic rings. The first-order valence-corrected chi connectivity index (χ1v) is 4.58. The number of hydrogen-bond acceptors (Lipinski definition) is 2. The summed E-state index contributed by atoms with van der Waals surface area (Å²) in [5.74, 6) is 1.18. The molecular formula is C9H18OS. The Morgan fingerprint density at radius 2 is 1.73 bits per heavy atom. The number of ether oxygens (including phenoxy) is 1. The molecule has 0 unspecified atom stereocenters. The molecule has 0 atom stereocenters. The maximum Gasteiger partial charge on any atom is 0.159 e. The Hall–Kier alpha value is -0.110. The highest BCUT2D eigenvalue weighted by atomic mass is 32.1. The Kier molecular flexibility index (Phi) is 5.47. The van der Waals surface area contributed by atoms with Crippen LogP contribution >= 0.6 is 12.2 Å². The van der Waals surface area contributed by atoms with Gasteiger partial charge in [-0.15, -0.1) is 0 Å². The second-order valence-corrected chi connectivity index (χ2v) is 4.13. The van der Waals surface area contributed by atoms with E-state index in [1.54, 1.807) is 0 Å². The first kappa shape index (κ1) is 10.9. The molecule has 0 spiro atoms. The molecule has 0 aromatic carbocycles. The van der Waals surface area contributed by atoms with E-state index in [1.165, 1.54) is 0 Å². The second kappa shape index (κ2) is 5.53. The van der Waals surface area contributed by atoms with Gasteiger partial charge in [0.25, 0.3) is 0 Å². The zero-order valence-corrected chi connectivity index (χ0v) is 8.70. The summed E-state index contributed by atoms with van der Waals surface area (Å²) in [7, 11) is 0. The van der Waals surface area contributed by atoms with Gasteiger partial charge >= 0.3 is 0 Å². The molecule has 0 N–H and O–H groups in total. The Bertz CT molecular complexity index is 119. The van der Waals surface area contributed by atoms with E-state index in [1.807, 2.05) is 0 Å². The van der Waals surface area contributed by atoms with Gasteiger partial charge in [0.1, 0.15) is 0 Å². The van der Waals surface area contributed by atoms with Crippen molar-refractivity contribution in [2.24, 2.45) is 11.8 Å². The lowest BCUT2D eigenvalue weighted by Crippen LogP contribution is -2.09. The summed E-state index contributed by atoms with van der Waals surface area (Å²) in [6.45, 7) is 9.29. The average Bonchev–Trinajstić information content (AvgIpc) is 1.82. The minimum Gasteiger partial charge on any atom is -0.487 e. The highest BCUT2D eigenvalue weighted by Gasteiger charge is 2.02. The molecule has 2 heteroatoms. The topological polar surface area (TPSA) is 9.23 Å². The fourth-order valence-electron chi connectivity index (χ4n) is 0.652. The summed E-state index contributed by atoms with van der Waals surface area (Å²) < 4.78 is 5.35. The first-order valence-electron chi connectivity index (χ1n) is 4.18. The fraction of sp³-hybridized carbons (Fsp3) is 0.889. The first-order chi connectivity index (χ1) is 5.02. The van der Waals surface area contributed by atoms with E-state index in [9.17, 15) is 0 Å². The van der Waals surface area contributed by atoms with Crippen molar-refractivity contribution in [3.8, 4) is 0 Å². The zero-order chi connectivity index (χ0) is 8.85. The van der Waals surface area contributed by atoms with Crippen LogP contribution in [-0.2, 0) is 4.74 Å². The molecule has 11 heavy (non-hydrogen) atoms. The SMILES string of the molecule is CC(C)COC(=S)CC(C)C. The van der Waals surface area contributed by atoms with Crippen LogP contribution in [0.3, 0.4) is 0 Å². The van der Waals surface area contributed by atoms with Gasteiger partial charge in [0.15, 0.2) is 5.05 Å². The molecule has 0 saturated carbocycles. The third-order valence-corrected chi connectivity index (χ3v) is 1.44. The lowest BCUT2D eigenvalue weighted by molar-refractivity contribution is 0.255. The number of hydrogen-bond donors (Lipinski definition) is 0. The van der Waals surface area contributed by atoms with Gasteiger partial charge in [-0.2, -0.15) is 0 Å². The normalized spacial score (nSPS) is 10.7. The largest absolute Gasteiger partial charge is 0.487 e. The van der Waals surface area contributed by atoms with Crippen molar-refractivity contribution in [1.82, 2.24) is 0 Å². The molecular weight excluding hydrogens is 156 g/mol. The van der Waals surface area contributed by atoms with Gasteiger partial charge in [-0.05, 0) is 24.1 Å². The summed E-state index contributed by atoms with van der Waals surface area (Å²) in [4.78, 5) is 0. The summed E-state index contributed by atoms with van der Waals surface area (Å²) >= 11 is 5.03. The molecule has 0 amide bonds. The van der Waals surface area contributed by atoms with Gasteiger partial charge in [0, 0.05) is 6.42 Å². The van der Waals surface area contributed by atoms with Crippen LogP contribution in [0.2, 0.25) is 0 Å². The van der Waals surface area contributed by atoms with Gasteiger partial charge in [0.05, 0.1) is 6.61 Å². The maximum atomic E-state index is 5.35. The maximum absolute atomic E-state index is 5.35. The summed E-state index contributed by atoms with van der Waals surface area (Å²) in [6, 6.07) is 0. The third kappa shape index (κ3) is 7.79. The van der Waals surface area contributed by atoms with E-state index in [2.05, 4.69) is 27.7 Å². The van der Waals surface area contributed by atoms with Crippen molar-refractivity contribution < 1.29 is 4.74 Å². The minimum absolute atomic E-state index is 0.570. The smallest absolute Gasteiger partial charge is 0.159 e. The fourth-order valence-corrected chi connectivity index (χ4v) is 1.05. The molecule has 0 aromatic heterocycles. The highest BCUT2D eigenvalue weighted by molar-refractivity contribution is 7.80. The van der Waals surface area contributed by atoms with Crippen LogP contribution in [0, 0.1) is 11.8 Å². The van der Waals surface area contributed by atoms with Crippen molar-refractivity contribution in [3.05, 3.63) is 0 Å². The Balaban J connectivity index is 3.38. The van der Waals surface area contributed by atoms with Crippen molar-refractivity contribution >= 4 is 17.3 Å². The molecule has 0 rings (SSSR count). The molecule has 66 valence electrons. The number of thiocarbonyl (C=S) groups is 1. The Morgan fingerprint density at radius 3 is 2.09 bits per heavy atom. The van der Waals surface area contributed by atoms with E-state index in [0.717, 1.165) is 18.1 Å². The molecule has 0 aliphatic heterocycles. The van der Waals surface area contributed by atoms with Crippen molar-refractivity contribution in [2.75, 3.05) is 6.61 Å². The summed E-state index contributed by atoms with van der Waals surface area (Å²) in [6.07, 6.45) is 0.905. The monoisotopic (exact) mass is 174 g/mol. The second-order valence-electron chi connectivity index (χ2n) is 3.67. The average molecular weight is 174 g/mol. The van der Waals surface area contributed by atoms with E-state index in [4.69, 9.17) is 17.0 Å². The summed E-state index contributed by atoms with van der Waals surface area (Å²) in [5, 5.41) is 0.758. The molecule has 0 aliphatic rings. The lowest BCUT2D eigenvalue weighted by atomic mass is 10.1. The van der Waals surface area contributed by atoms with Gasteiger partial charge in [0.2, 0.25) is 0 Å². The molecule has 1 nitrogen and oxygen atoms in total. The van der Waals surface area contributed by atoms with E-state index in [-0.39, 0.29) is 0 Å². The summed E-state index contributed by atoms with van der Waals surface area (Å²) in [5.41, 5.74) is 0. The van der Waals surface area contributed by atoms with Crippen molar-refractivity contribution in [3.63, 3.8) is 0 Å². The minimum atomic E-state index is 0.570. The van der Waals surface area contributed by atoms with Crippen LogP contribution in [0.25, 0.3) is 0 Å². The van der Waals surface area contributed by atoms with Gasteiger partial charge in [-0.1, -0.05) is 27.7 Å². The van der Waals surface area contributed by atoms with Crippen LogP contribution in [0.15, 0.2) is 0 Å². The highest BCUT2D eigenvalue weighted by Crippen LogP contribution is 2.04. The van der Waals surface area contributed by atoms with Gasteiger partial charge in [-0.3, -0.25) is 0 Å². The van der Waals surface area contributed by atoms with E-state index < -0.39 is 0 Å².